The number of oxazole rings is 2. The van der Waals surface area contributed by atoms with E-state index in [9.17, 15) is 31.9 Å². The van der Waals surface area contributed by atoms with Gasteiger partial charge in [0.15, 0.2) is 11.2 Å². The fraction of sp³-hybridized carbons (Fsp3) is 0.357. The fourth-order valence-corrected chi connectivity index (χ4v) is 8.12. The molecule has 56 heavy (non-hydrogen) atoms. The minimum absolute atomic E-state index is 0.0779. The molecule has 2 aliphatic rings. The summed E-state index contributed by atoms with van der Waals surface area (Å²) in [6.45, 7) is 5.86. The molecular formula is C42H39F5N4O5. The molecule has 2 aromatic heterocycles. The van der Waals surface area contributed by atoms with Crippen molar-refractivity contribution < 1.29 is 45.4 Å². The average molecular weight is 775 g/mol. The number of hydrogen-bond donors (Lipinski definition) is 1. The molecule has 1 unspecified atom stereocenters. The van der Waals surface area contributed by atoms with Gasteiger partial charge in [0.05, 0.1) is 5.92 Å². The summed E-state index contributed by atoms with van der Waals surface area (Å²) in [4.78, 5) is 24.8. The Balaban J connectivity index is 1.13. The van der Waals surface area contributed by atoms with E-state index in [1.165, 1.54) is 12.1 Å². The van der Waals surface area contributed by atoms with Gasteiger partial charge in [0.1, 0.15) is 22.3 Å². The standard InChI is InChI=1S/C42H39F5N4O5/c1-22-10-12-50(18-22)19-25-14-32(42(45,46)47)37-34(15-25)49-39(56-37)31-9-5-7-29(24(31)3)28-6-4-8-30(23(28)2)38-48-33-16-27(21-51-13-11-26(20-51)40(52)53)35(55-41(43)44)17-36(33)54-38/h4-9,14-17,22,26,41H,10-13,18-21H2,1-3H3,(H,52,53)/t22?,26-/m0/s1. The van der Waals surface area contributed by atoms with Gasteiger partial charge in [0.2, 0.25) is 11.8 Å². The average Bonchev–Trinajstić information content (AvgIpc) is 3.95. The monoisotopic (exact) mass is 774 g/mol. The Hall–Kier alpha value is -5.34. The zero-order valence-electron chi connectivity index (χ0n) is 30.9. The Bertz CT molecular complexity index is 2460. The summed E-state index contributed by atoms with van der Waals surface area (Å²) >= 11 is 0. The SMILES string of the molecule is Cc1c(-c2nc3cc(CN4CC[C@H](C(=O)O)C4)c(OC(F)F)cc3o2)cccc1-c1cccc(-c2nc3cc(CN4CCC(C)C4)cc(C(F)(F)F)c3o2)c1C. The lowest BCUT2D eigenvalue weighted by molar-refractivity contribution is -0.141. The molecular weight excluding hydrogens is 735 g/mol. The molecule has 292 valence electrons. The Kier molecular flexibility index (Phi) is 9.82. The molecule has 2 fully saturated rings. The molecule has 0 bridgehead atoms. The summed E-state index contributed by atoms with van der Waals surface area (Å²) in [7, 11) is 0. The number of rotatable bonds is 10. The molecule has 2 aliphatic heterocycles. The summed E-state index contributed by atoms with van der Waals surface area (Å²) in [5.74, 6) is -0.683. The number of alkyl halides is 5. The van der Waals surface area contributed by atoms with E-state index in [4.69, 9.17) is 18.6 Å². The Morgan fingerprint density at radius 2 is 1.48 bits per heavy atom. The first-order chi connectivity index (χ1) is 26.7. The lowest BCUT2D eigenvalue weighted by Crippen LogP contribution is -2.23. The molecule has 2 atom stereocenters. The molecule has 0 aliphatic carbocycles. The van der Waals surface area contributed by atoms with Gasteiger partial charge in [-0.2, -0.15) is 22.0 Å². The van der Waals surface area contributed by atoms with Crippen molar-refractivity contribution in [1.29, 1.82) is 0 Å². The van der Waals surface area contributed by atoms with Crippen LogP contribution in [-0.4, -0.2) is 63.6 Å². The number of likely N-dealkylation sites (tertiary alicyclic amines) is 2. The van der Waals surface area contributed by atoms with E-state index >= 15 is 0 Å². The van der Waals surface area contributed by atoms with E-state index in [1.807, 2.05) is 43.0 Å². The highest BCUT2D eigenvalue weighted by molar-refractivity contribution is 5.86. The highest BCUT2D eigenvalue weighted by Crippen LogP contribution is 2.41. The van der Waals surface area contributed by atoms with E-state index in [-0.39, 0.29) is 40.8 Å². The topological polar surface area (TPSA) is 105 Å². The summed E-state index contributed by atoms with van der Waals surface area (Å²) < 4.78 is 87.0. The Morgan fingerprint density at radius 1 is 0.857 bits per heavy atom. The maximum Gasteiger partial charge on any atom is 0.420 e. The number of carboxylic acids is 1. The highest BCUT2D eigenvalue weighted by Gasteiger charge is 2.36. The molecule has 8 rings (SSSR count). The minimum atomic E-state index is -4.64. The van der Waals surface area contributed by atoms with Gasteiger partial charge < -0.3 is 18.7 Å². The van der Waals surface area contributed by atoms with Crippen molar-refractivity contribution in [1.82, 2.24) is 19.8 Å². The van der Waals surface area contributed by atoms with E-state index in [1.54, 1.807) is 24.3 Å². The van der Waals surface area contributed by atoms with Crippen LogP contribution in [0.25, 0.3) is 56.2 Å². The van der Waals surface area contributed by atoms with E-state index in [0.717, 1.165) is 41.8 Å². The van der Waals surface area contributed by atoms with Crippen molar-refractivity contribution in [3.63, 3.8) is 0 Å². The van der Waals surface area contributed by atoms with Crippen LogP contribution in [0.15, 0.2) is 69.5 Å². The molecule has 4 aromatic carbocycles. The van der Waals surface area contributed by atoms with Crippen LogP contribution >= 0.6 is 0 Å². The quantitative estimate of drug-likeness (QED) is 0.136. The lowest BCUT2D eigenvalue weighted by Gasteiger charge is -2.17. The summed E-state index contributed by atoms with van der Waals surface area (Å²) in [6.07, 6.45) is -3.17. The van der Waals surface area contributed by atoms with Gasteiger partial charge in [-0.15, -0.1) is 0 Å². The fourth-order valence-electron chi connectivity index (χ4n) is 8.12. The summed E-state index contributed by atoms with van der Waals surface area (Å²) in [5.41, 5.74) is 4.91. The van der Waals surface area contributed by atoms with Gasteiger partial charge in [0, 0.05) is 48.9 Å². The van der Waals surface area contributed by atoms with Gasteiger partial charge in [-0.1, -0.05) is 31.2 Å². The molecule has 0 spiro atoms. The first-order valence-corrected chi connectivity index (χ1v) is 18.5. The highest BCUT2D eigenvalue weighted by atomic mass is 19.4. The Labute approximate surface area is 318 Å². The molecule has 2 saturated heterocycles. The number of nitrogens with zero attached hydrogens (tertiary/aromatic N) is 4. The van der Waals surface area contributed by atoms with Crippen LogP contribution in [0, 0.1) is 25.7 Å². The van der Waals surface area contributed by atoms with Crippen LogP contribution < -0.4 is 4.74 Å². The number of fused-ring (bicyclic) bond motifs is 2. The number of benzene rings is 4. The van der Waals surface area contributed by atoms with Gasteiger partial charge in [-0.3, -0.25) is 14.6 Å². The minimum Gasteiger partial charge on any atom is -0.481 e. The van der Waals surface area contributed by atoms with Crippen molar-refractivity contribution in [2.75, 3.05) is 26.2 Å². The van der Waals surface area contributed by atoms with Crippen LogP contribution in [0.1, 0.15) is 47.6 Å². The molecule has 0 saturated carbocycles. The maximum atomic E-state index is 14.4. The van der Waals surface area contributed by atoms with Crippen LogP contribution in [-0.2, 0) is 24.1 Å². The molecule has 9 nitrogen and oxygen atoms in total. The summed E-state index contributed by atoms with van der Waals surface area (Å²) in [5, 5.41) is 9.41. The van der Waals surface area contributed by atoms with Crippen LogP contribution in [0.3, 0.4) is 0 Å². The third-order valence-corrected chi connectivity index (χ3v) is 11.0. The molecule has 0 amide bonds. The van der Waals surface area contributed by atoms with Gasteiger partial charge in [0.25, 0.3) is 0 Å². The van der Waals surface area contributed by atoms with Crippen LogP contribution in [0.5, 0.6) is 5.75 Å². The second kappa shape index (κ2) is 14.6. The zero-order valence-corrected chi connectivity index (χ0v) is 30.9. The molecule has 1 N–H and O–H groups in total. The van der Waals surface area contributed by atoms with E-state index in [2.05, 4.69) is 16.8 Å². The normalized spacial score (nSPS) is 18.2. The first kappa shape index (κ1) is 37.6. The van der Waals surface area contributed by atoms with Crippen molar-refractivity contribution in [2.24, 2.45) is 11.8 Å². The number of halogens is 5. The molecule has 4 heterocycles. The van der Waals surface area contributed by atoms with Gasteiger partial charge in [-0.25, -0.2) is 9.97 Å². The number of carboxylic acid groups (broad SMARTS) is 1. The van der Waals surface area contributed by atoms with Crippen LogP contribution in [0.2, 0.25) is 0 Å². The van der Waals surface area contributed by atoms with Crippen molar-refractivity contribution >= 4 is 28.2 Å². The summed E-state index contributed by atoms with van der Waals surface area (Å²) in [6, 6.07) is 16.9. The molecule has 6 aromatic rings. The second-order valence-corrected chi connectivity index (χ2v) is 15.0. The third-order valence-electron chi connectivity index (χ3n) is 11.0. The maximum absolute atomic E-state index is 14.4. The second-order valence-electron chi connectivity index (χ2n) is 15.0. The van der Waals surface area contributed by atoms with Crippen molar-refractivity contribution in [3.8, 4) is 39.8 Å². The first-order valence-electron chi connectivity index (χ1n) is 18.5. The largest absolute Gasteiger partial charge is 0.481 e. The van der Waals surface area contributed by atoms with Crippen molar-refractivity contribution in [3.05, 3.63) is 88.5 Å². The van der Waals surface area contributed by atoms with E-state index < -0.39 is 30.2 Å². The predicted molar refractivity (Wildman–Crippen MR) is 199 cm³/mol. The Morgan fingerprint density at radius 3 is 2.09 bits per heavy atom. The zero-order chi connectivity index (χ0) is 39.5. The van der Waals surface area contributed by atoms with Crippen LogP contribution in [0.4, 0.5) is 22.0 Å². The third kappa shape index (κ3) is 7.35. The number of aromatic nitrogens is 2. The molecule has 0 radical (unpaired) electrons. The lowest BCUT2D eigenvalue weighted by atomic mass is 9.91. The number of ether oxygens (including phenoxy) is 1. The van der Waals surface area contributed by atoms with E-state index in [0.29, 0.717) is 59.7 Å². The smallest absolute Gasteiger partial charge is 0.420 e. The van der Waals surface area contributed by atoms with Gasteiger partial charge >= 0.3 is 18.8 Å². The van der Waals surface area contributed by atoms with Gasteiger partial charge in [-0.05, 0) is 104 Å². The predicted octanol–water partition coefficient (Wildman–Crippen LogP) is 9.96. The number of carbonyl (C=O) groups is 1. The number of hydrogen-bond acceptors (Lipinski definition) is 8. The van der Waals surface area contributed by atoms with Crippen molar-refractivity contribution in [2.45, 2.75) is 59.5 Å². The molecule has 14 heteroatoms. The number of aliphatic carboxylic acids is 1.